The molecule has 4 aromatic carbocycles. The number of benzene rings is 4. The van der Waals surface area contributed by atoms with Crippen LogP contribution in [0, 0.1) is 18.8 Å². The first-order chi connectivity index (χ1) is 20.0. The van der Waals surface area contributed by atoms with E-state index in [1.54, 1.807) is 12.1 Å². The van der Waals surface area contributed by atoms with E-state index in [0.717, 1.165) is 27.8 Å². The molecule has 6 nitrogen and oxygen atoms in total. The van der Waals surface area contributed by atoms with Crippen LogP contribution in [0.2, 0.25) is 0 Å². The zero-order valence-electron chi connectivity index (χ0n) is 22.5. The van der Waals surface area contributed by atoms with E-state index >= 15 is 0 Å². The molecule has 0 bridgehead atoms. The number of nitrogens with zero attached hydrogens (tertiary/aromatic N) is 2. The van der Waals surface area contributed by atoms with Gasteiger partial charge in [-0.05, 0) is 47.4 Å². The summed E-state index contributed by atoms with van der Waals surface area (Å²) in [6.07, 6.45) is 3.11. The lowest BCUT2D eigenvalue weighted by molar-refractivity contribution is -0.155. The van der Waals surface area contributed by atoms with Gasteiger partial charge < -0.3 is 9.64 Å². The van der Waals surface area contributed by atoms with Crippen molar-refractivity contribution in [2.24, 2.45) is 11.8 Å². The van der Waals surface area contributed by atoms with Crippen molar-refractivity contribution in [2.75, 3.05) is 4.90 Å². The molecule has 7 rings (SSSR count). The van der Waals surface area contributed by atoms with Crippen LogP contribution in [0.25, 0.3) is 6.08 Å². The van der Waals surface area contributed by atoms with Crippen LogP contribution in [-0.4, -0.2) is 28.7 Å². The number of fused-ring (bicyclic) bond motifs is 5. The van der Waals surface area contributed by atoms with Crippen LogP contribution in [0.15, 0.2) is 115 Å². The van der Waals surface area contributed by atoms with Gasteiger partial charge in [-0.2, -0.15) is 0 Å². The Kier molecular flexibility index (Phi) is 6.04. The summed E-state index contributed by atoms with van der Waals surface area (Å²) in [5.41, 5.74) is 5.10. The number of amides is 2. The molecule has 0 aliphatic carbocycles. The minimum Gasteiger partial charge on any atom is -0.451 e. The van der Waals surface area contributed by atoms with Crippen LogP contribution in [0.1, 0.15) is 40.0 Å². The maximum absolute atomic E-state index is 14.3. The molecule has 202 valence electrons. The maximum atomic E-state index is 14.3. The normalized spacial score (nSPS) is 22.5. The highest BCUT2D eigenvalue weighted by atomic mass is 16.5. The predicted octanol–water partition coefficient (Wildman–Crippen LogP) is 5.84. The van der Waals surface area contributed by atoms with Crippen molar-refractivity contribution in [1.29, 1.82) is 0 Å². The number of aryl methyl sites for hydroxylation is 1. The fourth-order valence-corrected chi connectivity index (χ4v) is 6.55. The summed E-state index contributed by atoms with van der Waals surface area (Å²) in [6, 6.07) is 32.9. The van der Waals surface area contributed by atoms with Gasteiger partial charge in [0.05, 0.1) is 23.6 Å². The lowest BCUT2D eigenvalue weighted by Gasteiger charge is -2.35. The first-order valence-corrected chi connectivity index (χ1v) is 13.8. The van der Waals surface area contributed by atoms with Gasteiger partial charge in [-0.3, -0.25) is 9.59 Å². The van der Waals surface area contributed by atoms with Gasteiger partial charge in [-0.25, -0.2) is 9.69 Å². The van der Waals surface area contributed by atoms with Crippen molar-refractivity contribution in [3.63, 3.8) is 0 Å². The number of rotatable bonds is 5. The highest BCUT2D eigenvalue weighted by Crippen LogP contribution is 2.53. The Labute approximate surface area is 238 Å². The molecule has 2 amide bonds. The van der Waals surface area contributed by atoms with E-state index in [0.29, 0.717) is 5.69 Å². The molecule has 0 saturated carbocycles. The van der Waals surface area contributed by atoms with Crippen molar-refractivity contribution >= 4 is 29.5 Å². The van der Waals surface area contributed by atoms with Crippen LogP contribution in [0.5, 0.6) is 0 Å². The summed E-state index contributed by atoms with van der Waals surface area (Å²) in [5, 5.41) is 0. The van der Waals surface area contributed by atoms with E-state index in [9.17, 15) is 14.4 Å². The average molecular weight is 541 g/mol. The van der Waals surface area contributed by atoms with E-state index in [2.05, 4.69) is 0 Å². The Morgan fingerprint density at radius 3 is 1.98 bits per heavy atom. The molecule has 6 heteroatoms. The molecular formula is C35H28N2O4. The van der Waals surface area contributed by atoms with Gasteiger partial charge in [0.25, 0.3) is 0 Å². The fourth-order valence-electron chi connectivity index (χ4n) is 6.55. The first-order valence-electron chi connectivity index (χ1n) is 13.8. The fraction of sp³-hybridized carbons (Fsp3) is 0.171. The molecule has 0 aromatic heterocycles. The van der Waals surface area contributed by atoms with Gasteiger partial charge in [-0.15, -0.1) is 0 Å². The first kappa shape index (κ1) is 25.0. The number of hydrogen-bond acceptors (Lipinski definition) is 5. The quantitative estimate of drug-likeness (QED) is 0.235. The van der Waals surface area contributed by atoms with Crippen molar-refractivity contribution in [3.05, 3.63) is 143 Å². The molecule has 4 aromatic rings. The number of carbonyl (C=O) groups is 3. The molecule has 3 aliphatic rings. The van der Waals surface area contributed by atoms with Crippen LogP contribution >= 0.6 is 0 Å². The lowest BCUT2D eigenvalue weighted by atomic mass is 9.84. The van der Waals surface area contributed by atoms with Gasteiger partial charge in [0.2, 0.25) is 11.8 Å². The summed E-state index contributed by atoms with van der Waals surface area (Å²) in [6.45, 7) is 1.96. The molecule has 0 radical (unpaired) electrons. The molecule has 3 aliphatic heterocycles. The van der Waals surface area contributed by atoms with Crippen LogP contribution in [-0.2, 0) is 19.1 Å². The summed E-state index contributed by atoms with van der Waals surface area (Å²) in [4.78, 5) is 45.6. The monoisotopic (exact) mass is 540 g/mol. The standard InChI is InChI=1S/C35H28N2O4/c1-22-16-18-26(19-17-22)37-33(38)28-29(34(37)39)31(36-21-20-23-10-8-9-15-27(23)30(28)36)35(40)41-32(24-11-4-2-5-12-24)25-13-6-3-7-14-25/h2-21,28-32H,1H3/t28-,29+,30+,31-/m0/s1. The average Bonchev–Trinajstić information content (AvgIpc) is 3.49. The van der Waals surface area contributed by atoms with Gasteiger partial charge in [0.15, 0.2) is 6.10 Å². The summed E-state index contributed by atoms with van der Waals surface area (Å²) in [7, 11) is 0. The Morgan fingerprint density at radius 1 is 0.732 bits per heavy atom. The third kappa shape index (κ3) is 4.06. The van der Waals surface area contributed by atoms with E-state index < -0.39 is 36.0 Å². The Balaban J connectivity index is 1.31. The summed E-state index contributed by atoms with van der Waals surface area (Å²) < 4.78 is 6.30. The Hall–Kier alpha value is -4.97. The van der Waals surface area contributed by atoms with Crippen LogP contribution in [0.4, 0.5) is 5.69 Å². The van der Waals surface area contributed by atoms with E-state index in [-0.39, 0.29) is 11.8 Å². The minimum absolute atomic E-state index is 0.290. The number of anilines is 1. The molecule has 2 fully saturated rings. The number of carbonyl (C=O) groups excluding carboxylic acids is 3. The minimum atomic E-state index is -0.962. The molecule has 4 atom stereocenters. The van der Waals surface area contributed by atoms with Gasteiger partial charge >= 0.3 is 5.97 Å². The van der Waals surface area contributed by atoms with E-state index in [1.807, 2.05) is 121 Å². The SMILES string of the molecule is Cc1ccc(N2C(=O)[C@@H]3[C@H](C2=O)[C@H]2c4ccccc4C=CN2[C@@H]3C(=O)OC(c2ccccc2)c2ccccc2)cc1. The van der Waals surface area contributed by atoms with Gasteiger partial charge in [-0.1, -0.05) is 103 Å². The number of imide groups is 1. The molecule has 3 heterocycles. The molecular weight excluding hydrogens is 512 g/mol. The smallest absolute Gasteiger partial charge is 0.330 e. The maximum Gasteiger partial charge on any atom is 0.330 e. The number of hydrogen-bond donors (Lipinski definition) is 0. The van der Waals surface area contributed by atoms with Gasteiger partial charge in [0.1, 0.15) is 6.04 Å². The van der Waals surface area contributed by atoms with Crippen molar-refractivity contribution in [1.82, 2.24) is 4.90 Å². The molecule has 41 heavy (non-hydrogen) atoms. The molecule has 0 unspecified atom stereocenters. The largest absolute Gasteiger partial charge is 0.451 e. The Bertz CT molecular complexity index is 1630. The number of ether oxygens (including phenoxy) is 1. The molecule has 2 saturated heterocycles. The lowest BCUT2D eigenvalue weighted by Crippen LogP contribution is -2.45. The third-order valence-electron chi connectivity index (χ3n) is 8.43. The highest BCUT2D eigenvalue weighted by molar-refractivity contribution is 6.23. The second kappa shape index (κ2) is 9.89. The third-order valence-corrected chi connectivity index (χ3v) is 8.43. The second-order valence-electron chi connectivity index (χ2n) is 10.8. The summed E-state index contributed by atoms with van der Waals surface area (Å²) >= 11 is 0. The topological polar surface area (TPSA) is 66.9 Å². The van der Waals surface area contributed by atoms with Crippen LogP contribution < -0.4 is 4.90 Å². The predicted molar refractivity (Wildman–Crippen MR) is 155 cm³/mol. The van der Waals surface area contributed by atoms with Crippen molar-refractivity contribution in [2.45, 2.75) is 25.1 Å². The van der Waals surface area contributed by atoms with Crippen molar-refractivity contribution < 1.29 is 19.1 Å². The summed E-state index contributed by atoms with van der Waals surface area (Å²) in [5.74, 6) is -2.80. The zero-order chi connectivity index (χ0) is 28.1. The molecule has 0 N–H and O–H groups in total. The van der Waals surface area contributed by atoms with E-state index in [1.165, 1.54) is 4.90 Å². The van der Waals surface area contributed by atoms with Gasteiger partial charge in [0, 0.05) is 6.20 Å². The second-order valence-corrected chi connectivity index (χ2v) is 10.8. The Morgan fingerprint density at radius 2 is 1.32 bits per heavy atom. The van der Waals surface area contributed by atoms with Crippen LogP contribution in [0.3, 0.4) is 0 Å². The van der Waals surface area contributed by atoms with E-state index in [4.69, 9.17) is 4.74 Å². The molecule has 0 spiro atoms. The number of esters is 1. The zero-order valence-corrected chi connectivity index (χ0v) is 22.5. The van der Waals surface area contributed by atoms with Crippen molar-refractivity contribution in [3.8, 4) is 0 Å². The highest BCUT2D eigenvalue weighted by Gasteiger charge is 2.65.